The molecule has 1 aromatic rings. The summed E-state index contributed by atoms with van der Waals surface area (Å²) >= 11 is 0. The molecule has 12 heteroatoms. The average Bonchev–Trinajstić information content (AvgIpc) is 3.17. The molecule has 1 fully saturated rings. The molecule has 2 heterocycles. The molecule has 166 valence electrons. The first kappa shape index (κ1) is 25.6. The summed E-state index contributed by atoms with van der Waals surface area (Å²) in [6, 6.07) is 1.56. The molecule has 1 saturated heterocycles. The molecular formula is C17H30IN5O5S. The summed E-state index contributed by atoms with van der Waals surface area (Å²) < 4.78 is 36.1. The number of nitrogens with one attached hydrogen (secondary N) is 1. The highest BCUT2D eigenvalue weighted by Gasteiger charge is 2.28. The van der Waals surface area contributed by atoms with E-state index in [1.165, 1.54) is 10.6 Å². The minimum atomic E-state index is -3.43. The lowest BCUT2D eigenvalue weighted by molar-refractivity contribution is -0.143. The molecule has 0 aromatic carbocycles. The number of guanidine groups is 1. The molecule has 0 unspecified atom stereocenters. The average molecular weight is 543 g/mol. The summed E-state index contributed by atoms with van der Waals surface area (Å²) in [6.45, 7) is 7.21. The smallest absolute Gasteiger partial charge is 0.305 e. The Hall–Kier alpha value is -1.41. The molecule has 2 rings (SSSR count). The van der Waals surface area contributed by atoms with Gasteiger partial charge in [-0.3, -0.25) is 9.79 Å². The van der Waals surface area contributed by atoms with Crippen LogP contribution in [-0.2, 0) is 25.3 Å². The van der Waals surface area contributed by atoms with Crippen LogP contribution in [0.25, 0.3) is 0 Å². The van der Waals surface area contributed by atoms with Gasteiger partial charge in [-0.05, 0) is 20.3 Å². The van der Waals surface area contributed by atoms with Gasteiger partial charge in [-0.2, -0.15) is 4.31 Å². The van der Waals surface area contributed by atoms with Gasteiger partial charge in [0.05, 0.1) is 12.3 Å². The van der Waals surface area contributed by atoms with Crippen molar-refractivity contribution in [1.82, 2.24) is 19.7 Å². The van der Waals surface area contributed by atoms with Crippen molar-refractivity contribution in [1.29, 1.82) is 0 Å². The number of carbonyl (C=O) groups excluding carboxylic acids is 1. The summed E-state index contributed by atoms with van der Waals surface area (Å²) in [5, 5.41) is 6.90. The first-order valence-electron chi connectivity index (χ1n) is 9.52. The molecule has 1 N–H and O–H groups in total. The van der Waals surface area contributed by atoms with Crippen molar-refractivity contribution >= 4 is 45.9 Å². The molecule has 1 aliphatic rings. The van der Waals surface area contributed by atoms with E-state index in [0.717, 1.165) is 5.96 Å². The first-order chi connectivity index (χ1) is 13.5. The number of ether oxygens (including phenoxy) is 1. The largest absolute Gasteiger partial charge is 0.466 e. The maximum absolute atomic E-state index is 12.5. The Morgan fingerprint density at radius 2 is 2.03 bits per heavy atom. The van der Waals surface area contributed by atoms with Crippen LogP contribution in [0.15, 0.2) is 21.8 Å². The van der Waals surface area contributed by atoms with Crippen molar-refractivity contribution < 1.29 is 22.5 Å². The van der Waals surface area contributed by atoms with Gasteiger partial charge in [0.2, 0.25) is 10.0 Å². The number of nitrogens with zero attached hydrogens (tertiary/aromatic N) is 4. The fraction of sp³-hybridized carbons (Fsp3) is 0.706. The van der Waals surface area contributed by atoms with E-state index in [-0.39, 0.29) is 35.7 Å². The number of esters is 1. The molecule has 0 spiro atoms. The van der Waals surface area contributed by atoms with E-state index in [9.17, 15) is 13.2 Å². The highest BCUT2D eigenvalue weighted by atomic mass is 127. The number of piperazine rings is 1. The van der Waals surface area contributed by atoms with E-state index < -0.39 is 10.0 Å². The Labute approximate surface area is 189 Å². The number of sulfonamides is 1. The van der Waals surface area contributed by atoms with Crippen molar-refractivity contribution in [3.05, 3.63) is 18.0 Å². The van der Waals surface area contributed by atoms with Gasteiger partial charge < -0.3 is 19.5 Å². The molecule has 0 bridgehead atoms. The topological polar surface area (TPSA) is 117 Å². The van der Waals surface area contributed by atoms with Crippen LogP contribution in [0.1, 0.15) is 32.4 Å². The van der Waals surface area contributed by atoms with Gasteiger partial charge in [-0.1, -0.05) is 5.16 Å². The lowest BCUT2D eigenvalue weighted by atomic mass is 10.3. The Balaban J connectivity index is 0.00000420. The SMILES string of the molecule is CCNC(=NCCCC(=O)OCC)N1CCN(S(=O)(=O)Cc2ccon2)CC1.I. The number of hydrogen-bond acceptors (Lipinski definition) is 7. The second-order valence-electron chi connectivity index (χ2n) is 6.28. The summed E-state index contributed by atoms with van der Waals surface area (Å²) in [7, 11) is -3.43. The number of aliphatic imine (C=N–C) groups is 1. The lowest BCUT2D eigenvalue weighted by Crippen LogP contribution is -2.53. The van der Waals surface area contributed by atoms with E-state index in [4.69, 9.17) is 9.26 Å². The van der Waals surface area contributed by atoms with Gasteiger partial charge >= 0.3 is 5.97 Å². The summed E-state index contributed by atoms with van der Waals surface area (Å²) in [6.07, 6.45) is 2.31. The van der Waals surface area contributed by atoms with Gasteiger partial charge in [-0.25, -0.2) is 8.42 Å². The Bertz CT molecular complexity index is 733. The number of halogens is 1. The van der Waals surface area contributed by atoms with E-state index in [2.05, 4.69) is 15.5 Å². The number of hydrogen-bond donors (Lipinski definition) is 1. The van der Waals surface area contributed by atoms with Crippen LogP contribution < -0.4 is 5.32 Å². The zero-order valence-corrected chi connectivity index (χ0v) is 20.0. The molecule has 29 heavy (non-hydrogen) atoms. The van der Waals surface area contributed by atoms with Crippen LogP contribution in [0.5, 0.6) is 0 Å². The summed E-state index contributed by atoms with van der Waals surface area (Å²) in [5.74, 6) is 0.361. The quantitative estimate of drug-likeness (QED) is 0.162. The highest BCUT2D eigenvalue weighted by Crippen LogP contribution is 2.13. The highest BCUT2D eigenvalue weighted by molar-refractivity contribution is 14.0. The maximum Gasteiger partial charge on any atom is 0.305 e. The van der Waals surface area contributed by atoms with Crippen molar-refractivity contribution in [2.75, 3.05) is 45.9 Å². The van der Waals surface area contributed by atoms with Crippen molar-refractivity contribution in [3.8, 4) is 0 Å². The Kier molecular flexibility index (Phi) is 11.5. The standard InChI is InChI=1S/C17H29N5O5S.HI/c1-3-18-17(19-8-5-6-16(23)26-4-2)21-9-11-22(12-10-21)28(24,25)14-15-7-13-27-20-15;/h7,13H,3-6,8-12,14H2,1-2H3,(H,18,19);1H. The second-order valence-corrected chi connectivity index (χ2v) is 8.25. The van der Waals surface area contributed by atoms with E-state index in [1.807, 2.05) is 11.8 Å². The monoisotopic (exact) mass is 543 g/mol. The van der Waals surface area contributed by atoms with Crippen LogP contribution in [0.4, 0.5) is 0 Å². The van der Waals surface area contributed by atoms with Crippen LogP contribution in [0.3, 0.4) is 0 Å². The van der Waals surface area contributed by atoms with Crippen LogP contribution >= 0.6 is 24.0 Å². The fourth-order valence-electron chi connectivity index (χ4n) is 2.84. The van der Waals surface area contributed by atoms with Gasteiger partial charge in [0, 0.05) is 51.8 Å². The summed E-state index contributed by atoms with van der Waals surface area (Å²) in [5.41, 5.74) is 0.402. The molecule has 1 aliphatic heterocycles. The molecule has 1 aromatic heterocycles. The minimum Gasteiger partial charge on any atom is -0.466 e. The van der Waals surface area contributed by atoms with Crippen LogP contribution in [0, 0.1) is 0 Å². The predicted octanol–water partition coefficient (Wildman–Crippen LogP) is 1.05. The van der Waals surface area contributed by atoms with Crippen LogP contribution in [0.2, 0.25) is 0 Å². The van der Waals surface area contributed by atoms with Gasteiger partial charge in [0.15, 0.2) is 5.96 Å². The number of carbonyl (C=O) groups is 1. The predicted molar refractivity (Wildman–Crippen MR) is 120 cm³/mol. The fourth-order valence-corrected chi connectivity index (χ4v) is 4.26. The Morgan fingerprint density at radius 3 is 2.62 bits per heavy atom. The third kappa shape index (κ3) is 8.46. The van der Waals surface area contributed by atoms with E-state index >= 15 is 0 Å². The molecule has 10 nitrogen and oxygen atoms in total. The minimum absolute atomic E-state index is 0. The zero-order valence-electron chi connectivity index (χ0n) is 16.9. The van der Waals surface area contributed by atoms with Crippen molar-refractivity contribution in [3.63, 3.8) is 0 Å². The maximum atomic E-state index is 12.5. The van der Waals surface area contributed by atoms with Crippen molar-refractivity contribution in [2.24, 2.45) is 4.99 Å². The zero-order chi connectivity index (χ0) is 20.4. The molecule has 0 atom stereocenters. The first-order valence-corrected chi connectivity index (χ1v) is 11.1. The lowest BCUT2D eigenvalue weighted by Gasteiger charge is -2.35. The van der Waals surface area contributed by atoms with Crippen molar-refractivity contribution in [2.45, 2.75) is 32.4 Å². The normalized spacial score (nSPS) is 15.7. The van der Waals surface area contributed by atoms with Crippen LogP contribution in [-0.4, -0.2) is 80.6 Å². The second kappa shape index (κ2) is 13.0. The van der Waals surface area contributed by atoms with E-state index in [1.54, 1.807) is 13.0 Å². The Morgan fingerprint density at radius 1 is 1.31 bits per heavy atom. The summed E-state index contributed by atoms with van der Waals surface area (Å²) in [4.78, 5) is 18.0. The van der Waals surface area contributed by atoms with E-state index in [0.29, 0.717) is 64.4 Å². The third-order valence-electron chi connectivity index (χ3n) is 4.19. The third-order valence-corrected chi connectivity index (χ3v) is 6.01. The van der Waals surface area contributed by atoms with Gasteiger partial charge in [0.25, 0.3) is 0 Å². The van der Waals surface area contributed by atoms with Gasteiger partial charge in [0.1, 0.15) is 12.0 Å². The number of rotatable bonds is 9. The molecule has 0 aliphatic carbocycles. The van der Waals surface area contributed by atoms with Gasteiger partial charge in [-0.15, -0.1) is 24.0 Å². The molecule has 0 amide bonds. The number of aromatic nitrogens is 1. The molecule has 0 radical (unpaired) electrons. The molecule has 0 saturated carbocycles. The molecular weight excluding hydrogens is 513 g/mol.